The maximum atomic E-state index is 12.2. The van der Waals surface area contributed by atoms with Crippen molar-refractivity contribution in [3.05, 3.63) is 29.8 Å². The van der Waals surface area contributed by atoms with Crippen LogP contribution in [-0.2, 0) is 4.79 Å². The van der Waals surface area contributed by atoms with E-state index >= 15 is 0 Å². The number of carbonyl (C=O) groups excluding carboxylic acids is 1. The van der Waals surface area contributed by atoms with Crippen LogP contribution in [0.4, 0.5) is 0 Å². The van der Waals surface area contributed by atoms with Gasteiger partial charge in [-0.15, -0.1) is 0 Å². The first-order chi connectivity index (χ1) is 9.74. The van der Waals surface area contributed by atoms with Gasteiger partial charge in [-0.2, -0.15) is 0 Å². The van der Waals surface area contributed by atoms with Gasteiger partial charge in [0.25, 0.3) is 0 Å². The Kier molecular flexibility index (Phi) is 5.41. The van der Waals surface area contributed by atoms with Gasteiger partial charge in [-0.3, -0.25) is 4.79 Å². The molecule has 20 heavy (non-hydrogen) atoms. The fourth-order valence-electron chi connectivity index (χ4n) is 2.65. The summed E-state index contributed by atoms with van der Waals surface area (Å²) in [7, 11) is 0. The summed E-state index contributed by atoms with van der Waals surface area (Å²) in [6.07, 6.45) is 2.76. The van der Waals surface area contributed by atoms with Crippen molar-refractivity contribution in [2.45, 2.75) is 32.1 Å². The Hall–Kier alpha value is -1.55. The van der Waals surface area contributed by atoms with Crippen LogP contribution in [0, 0.1) is 0 Å². The molecular formula is C16H24N2O2. The fraction of sp³-hybridized carbons (Fsp3) is 0.562. The van der Waals surface area contributed by atoms with Crippen molar-refractivity contribution in [1.82, 2.24) is 4.90 Å². The maximum absolute atomic E-state index is 12.2. The van der Waals surface area contributed by atoms with Gasteiger partial charge in [0.15, 0.2) is 0 Å². The topological polar surface area (TPSA) is 55.6 Å². The lowest BCUT2D eigenvalue weighted by Crippen LogP contribution is -2.30. The average Bonchev–Trinajstić information content (AvgIpc) is 3.00. The normalized spacial score (nSPS) is 16.2. The zero-order chi connectivity index (χ0) is 14.4. The van der Waals surface area contributed by atoms with E-state index in [0.29, 0.717) is 19.6 Å². The largest absolute Gasteiger partial charge is 0.494 e. The summed E-state index contributed by atoms with van der Waals surface area (Å²) >= 11 is 0. The summed E-state index contributed by atoms with van der Waals surface area (Å²) in [5, 5.41) is 0. The minimum atomic E-state index is 0.0961. The molecule has 1 aliphatic rings. The maximum Gasteiger partial charge on any atom is 0.223 e. The molecule has 0 bridgehead atoms. The minimum Gasteiger partial charge on any atom is -0.494 e. The molecule has 1 unspecified atom stereocenters. The van der Waals surface area contributed by atoms with Crippen LogP contribution in [0.25, 0.3) is 0 Å². The number of ether oxygens (including phenoxy) is 1. The van der Waals surface area contributed by atoms with E-state index in [4.69, 9.17) is 10.5 Å². The predicted molar refractivity (Wildman–Crippen MR) is 79.8 cm³/mol. The van der Waals surface area contributed by atoms with Crippen molar-refractivity contribution < 1.29 is 9.53 Å². The number of nitrogens with zero attached hydrogens (tertiary/aromatic N) is 1. The molecule has 2 N–H and O–H groups in total. The Morgan fingerprint density at radius 1 is 1.30 bits per heavy atom. The lowest BCUT2D eigenvalue weighted by Gasteiger charge is -2.20. The Balaban J connectivity index is 1.98. The Morgan fingerprint density at radius 2 is 1.95 bits per heavy atom. The molecule has 1 aromatic carbocycles. The molecule has 0 aromatic heterocycles. The average molecular weight is 276 g/mol. The second kappa shape index (κ2) is 7.29. The number of rotatable bonds is 6. The molecule has 0 aliphatic carbocycles. The molecule has 1 heterocycles. The molecule has 1 atom stereocenters. The van der Waals surface area contributed by atoms with Crippen LogP contribution in [0.5, 0.6) is 5.75 Å². The molecule has 0 radical (unpaired) electrons. The molecule has 1 fully saturated rings. The Bertz CT molecular complexity index is 425. The summed E-state index contributed by atoms with van der Waals surface area (Å²) in [6.45, 7) is 4.92. The van der Waals surface area contributed by atoms with E-state index in [-0.39, 0.29) is 11.8 Å². The molecule has 1 aliphatic heterocycles. The molecule has 1 amide bonds. The molecule has 1 saturated heterocycles. The molecule has 2 rings (SSSR count). The highest BCUT2D eigenvalue weighted by atomic mass is 16.5. The number of likely N-dealkylation sites (tertiary alicyclic amines) is 1. The summed E-state index contributed by atoms with van der Waals surface area (Å²) in [5.74, 6) is 1.18. The van der Waals surface area contributed by atoms with E-state index in [1.54, 1.807) is 0 Å². The van der Waals surface area contributed by atoms with Crippen LogP contribution in [0.15, 0.2) is 24.3 Å². The van der Waals surface area contributed by atoms with E-state index in [9.17, 15) is 4.79 Å². The monoisotopic (exact) mass is 276 g/mol. The highest BCUT2D eigenvalue weighted by Crippen LogP contribution is 2.23. The third-order valence-electron chi connectivity index (χ3n) is 3.83. The SMILES string of the molecule is CCOc1ccc(C(CN)CC(=O)N2CCCC2)cc1. The van der Waals surface area contributed by atoms with Crippen LogP contribution >= 0.6 is 0 Å². The molecule has 110 valence electrons. The summed E-state index contributed by atoms with van der Waals surface area (Å²) in [6, 6.07) is 7.92. The van der Waals surface area contributed by atoms with E-state index < -0.39 is 0 Å². The smallest absolute Gasteiger partial charge is 0.223 e. The second-order valence-corrected chi connectivity index (χ2v) is 5.23. The summed E-state index contributed by atoms with van der Waals surface area (Å²) in [4.78, 5) is 14.2. The third kappa shape index (κ3) is 3.73. The van der Waals surface area contributed by atoms with Gasteiger partial charge in [0.1, 0.15) is 5.75 Å². The van der Waals surface area contributed by atoms with E-state index in [1.807, 2.05) is 36.1 Å². The Morgan fingerprint density at radius 3 is 2.50 bits per heavy atom. The van der Waals surface area contributed by atoms with Gasteiger partial charge in [-0.1, -0.05) is 12.1 Å². The number of amides is 1. The number of benzene rings is 1. The van der Waals surface area contributed by atoms with E-state index in [2.05, 4.69) is 0 Å². The van der Waals surface area contributed by atoms with Crippen molar-refractivity contribution in [1.29, 1.82) is 0 Å². The molecule has 0 saturated carbocycles. The summed E-state index contributed by atoms with van der Waals surface area (Å²) < 4.78 is 5.43. The first-order valence-electron chi connectivity index (χ1n) is 7.45. The van der Waals surface area contributed by atoms with Gasteiger partial charge in [0.05, 0.1) is 6.61 Å². The van der Waals surface area contributed by atoms with Crippen molar-refractivity contribution in [3.63, 3.8) is 0 Å². The van der Waals surface area contributed by atoms with Gasteiger partial charge in [0, 0.05) is 25.4 Å². The third-order valence-corrected chi connectivity index (χ3v) is 3.83. The van der Waals surface area contributed by atoms with Crippen molar-refractivity contribution in [3.8, 4) is 5.75 Å². The first-order valence-corrected chi connectivity index (χ1v) is 7.45. The molecule has 4 heteroatoms. The lowest BCUT2D eigenvalue weighted by atomic mass is 9.95. The van der Waals surface area contributed by atoms with Crippen LogP contribution in [-0.4, -0.2) is 37.0 Å². The van der Waals surface area contributed by atoms with E-state index in [0.717, 1.165) is 37.2 Å². The summed E-state index contributed by atoms with van der Waals surface area (Å²) in [5.41, 5.74) is 6.96. The lowest BCUT2D eigenvalue weighted by molar-refractivity contribution is -0.130. The first kappa shape index (κ1) is 14.9. The molecule has 4 nitrogen and oxygen atoms in total. The van der Waals surface area contributed by atoms with Crippen molar-refractivity contribution in [2.24, 2.45) is 5.73 Å². The zero-order valence-electron chi connectivity index (χ0n) is 12.2. The highest BCUT2D eigenvalue weighted by molar-refractivity contribution is 5.77. The number of carbonyl (C=O) groups is 1. The second-order valence-electron chi connectivity index (χ2n) is 5.23. The van der Waals surface area contributed by atoms with Gasteiger partial charge in [0.2, 0.25) is 5.91 Å². The van der Waals surface area contributed by atoms with Crippen LogP contribution < -0.4 is 10.5 Å². The zero-order valence-corrected chi connectivity index (χ0v) is 12.2. The van der Waals surface area contributed by atoms with Crippen LogP contribution in [0.2, 0.25) is 0 Å². The molecular weight excluding hydrogens is 252 g/mol. The standard InChI is InChI=1S/C16H24N2O2/c1-2-20-15-7-5-13(6-8-15)14(12-17)11-16(19)18-9-3-4-10-18/h5-8,14H,2-4,9-12,17H2,1H3. The predicted octanol–water partition coefficient (Wildman–Crippen LogP) is 2.14. The van der Waals surface area contributed by atoms with Gasteiger partial charge >= 0.3 is 0 Å². The molecule has 0 spiro atoms. The van der Waals surface area contributed by atoms with Gasteiger partial charge < -0.3 is 15.4 Å². The minimum absolute atomic E-state index is 0.0961. The fourth-order valence-corrected chi connectivity index (χ4v) is 2.65. The van der Waals surface area contributed by atoms with Crippen LogP contribution in [0.3, 0.4) is 0 Å². The van der Waals surface area contributed by atoms with E-state index in [1.165, 1.54) is 0 Å². The number of nitrogens with two attached hydrogens (primary N) is 1. The van der Waals surface area contributed by atoms with Crippen molar-refractivity contribution >= 4 is 5.91 Å². The molecule has 1 aromatic rings. The Labute approximate surface area is 120 Å². The number of hydrogen-bond acceptors (Lipinski definition) is 3. The highest BCUT2D eigenvalue weighted by Gasteiger charge is 2.22. The van der Waals surface area contributed by atoms with Crippen molar-refractivity contribution in [2.75, 3.05) is 26.2 Å². The van der Waals surface area contributed by atoms with Gasteiger partial charge in [-0.25, -0.2) is 0 Å². The quantitative estimate of drug-likeness (QED) is 0.866. The van der Waals surface area contributed by atoms with Crippen LogP contribution in [0.1, 0.15) is 37.7 Å². The van der Waals surface area contributed by atoms with Gasteiger partial charge in [-0.05, 0) is 44.0 Å². The number of hydrogen-bond donors (Lipinski definition) is 1.